The first-order valence-corrected chi connectivity index (χ1v) is 11.9. The molecule has 3 aromatic rings. The molecule has 1 N–H and O–H groups in total. The van der Waals surface area contributed by atoms with Crippen LogP contribution in [0.5, 0.6) is 11.5 Å². The summed E-state index contributed by atoms with van der Waals surface area (Å²) in [6.45, 7) is 4.05. The number of hydrogen-bond donors (Lipinski definition) is 1. The molecule has 1 unspecified atom stereocenters. The van der Waals surface area contributed by atoms with E-state index >= 15 is 0 Å². The third-order valence-electron chi connectivity index (χ3n) is 6.26. The SMILES string of the molecule is CC#CC(CC(=O)O)c1ccc(OCc2cccc(CN3CCCc4ccc(OC)cc43)c2)cc1. The standard InChI is InChI=1S/C30H31NO4/c1-3-6-26(18-30(32)33)24-10-13-27(14-11-24)35-21-23-8-4-7-22(17-23)20-31-16-5-9-25-12-15-28(34-2)19-29(25)31/h4,7-8,10-15,17,19,26H,5,9,16,18,20-21H2,1-2H3,(H,32,33). The monoisotopic (exact) mass is 469 g/mol. The highest BCUT2D eigenvalue weighted by Crippen LogP contribution is 2.32. The Balaban J connectivity index is 1.40. The van der Waals surface area contributed by atoms with Crippen molar-refractivity contribution >= 4 is 11.7 Å². The molecule has 0 aliphatic carbocycles. The first-order valence-electron chi connectivity index (χ1n) is 11.9. The minimum absolute atomic E-state index is 0.0118. The molecule has 35 heavy (non-hydrogen) atoms. The predicted molar refractivity (Wildman–Crippen MR) is 138 cm³/mol. The summed E-state index contributed by atoms with van der Waals surface area (Å²) in [5.41, 5.74) is 5.86. The Morgan fingerprint density at radius 1 is 1.06 bits per heavy atom. The van der Waals surface area contributed by atoms with Crippen LogP contribution in [0.3, 0.4) is 0 Å². The fourth-order valence-corrected chi connectivity index (χ4v) is 4.52. The maximum absolute atomic E-state index is 11.1. The van der Waals surface area contributed by atoms with E-state index in [9.17, 15) is 4.79 Å². The van der Waals surface area contributed by atoms with Gasteiger partial charge in [-0.15, -0.1) is 5.92 Å². The summed E-state index contributed by atoms with van der Waals surface area (Å²) in [5, 5.41) is 9.13. The molecular formula is C30H31NO4. The van der Waals surface area contributed by atoms with Crippen molar-refractivity contribution in [1.82, 2.24) is 0 Å². The Hall–Kier alpha value is -3.91. The highest BCUT2D eigenvalue weighted by atomic mass is 16.5. The topological polar surface area (TPSA) is 59.0 Å². The lowest BCUT2D eigenvalue weighted by Crippen LogP contribution is -2.28. The van der Waals surface area contributed by atoms with Crippen LogP contribution >= 0.6 is 0 Å². The number of fused-ring (bicyclic) bond motifs is 1. The van der Waals surface area contributed by atoms with Crippen molar-refractivity contribution in [3.8, 4) is 23.3 Å². The van der Waals surface area contributed by atoms with Crippen LogP contribution in [-0.4, -0.2) is 24.7 Å². The number of aliphatic carboxylic acids is 1. The van der Waals surface area contributed by atoms with Crippen molar-refractivity contribution in [3.63, 3.8) is 0 Å². The van der Waals surface area contributed by atoms with Crippen molar-refractivity contribution in [1.29, 1.82) is 0 Å². The first-order chi connectivity index (χ1) is 17.1. The molecule has 4 rings (SSSR count). The summed E-state index contributed by atoms with van der Waals surface area (Å²) in [6.07, 6.45) is 2.24. The lowest BCUT2D eigenvalue weighted by molar-refractivity contribution is -0.137. The third kappa shape index (κ3) is 6.36. The van der Waals surface area contributed by atoms with Gasteiger partial charge in [0.2, 0.25) is 0 Å². The summed E-state index contributed by atoms with van der Waals surface area (Å²) in [4.78, 5) is 13.5. The Labute approximate surface area is 207 Å². The molecule has 1 atom stereocenters. The van der Waals surface area contributed by atoms with Gasteiger partial charge in [-0.3, -0.25) is 4.79 Å². The number of nitrogens with zero attached hydrogens (tertiary/aromatic N) is 1. The van der Waals surface area contributed by atoms with Gasteiger partial charge in [-0.25, -0.2) is 0 Å². The molecule has 0 aromatic heterocycles. The van der Waals surface area contributed by atoms with Crippen molar-refractivity contribution < 1.29 is 19.4 Å². The number of carboxylic acid groups (broad SMARTS) is 1. The summed E-state index contributed by atoms with van der Waals surface area (Å²) in [7, 11) is 1.71. The second-order valence-electron chi connectivity index (χ2n) is 8.74. The molecule has 0 saturated heterocycles. The summed E-state index contributed by atoms with van der Waals surface area (Å²) in [6, 6.07) is 22.4. The van der Waals surface area contributed by atoms with Crippen LogP contribution in [0.15, 0.2) is 66.7 Å². The summed E-state index contributed by atoms with van der Waals surface area (Å²) in [5.74, 6) is 6.26. The zero-order chi connectivity index (χ0) is 24.6. The number of aryl methyl sites for hydroxylation is 1. The van der Waals surface area contributed by atoms with E-state index in [-0.39, 0.29) is 12.3 Å². The number of ether oxygens (including phenoxy) is 2. The Morgan fingerprint density at radius 3 is 2.57 bits per heavy atom. The largest absolute Gasteiger partial charge is 0.497 e. The molecule has 5 heteroatoms. The van der Waals surface area contributed by atoms with E-state index in [1.165, 1.54) is 16.8 Å². The van der Waals surface area contributed by atoms with Crippen LogP contribution in [0.2, 0.25) is 0 Å². The number of rotatable bonds is 9. The van der Waals surface area contributed by atoms with Crippen LogP contribution in [0, 0.1) is 11.8 Å². The van der Waals surface area contributed by atoms with Crippen LogP contribution in [0.25, 0.3) is 0 Å². The third-order valence-corrected chi connectivity index (χ3v) is 6.26. The van der Waals surface area contributed by atoms with Gasteiger partial charge in [0.1, 0.15) is 18.1 Å². The highest BCUT2D eigenvalue weighted by Gasteiger charge is 2.18. The molecular weight excluding hydrogens is 438 g/mol. The average molecular weight is 470 g/mol. The molecule has 0 radical (unpaired) electrons. The fraction of sp³-hybridized carbons (Fsp3) is 0.300. The molecule has 3 aromatic carbocycles. The van der Waals surface area contributed by atoms with Crippen LogP contribution in [-0.2, 0) is 24.4 Å². The van der Waals surface area contributed by atoms with Crippen LogP contribution in [0.1, 0.15) is 47.9 Å². The minimum Gasteiger partial charge on any atom is -0.497 e. The number of carboxylic acids is 1. The van der Waals surface area contributed by atoms with Crippen LogP contribution < -0.4 is 14.4 Å². The highest BCUT2D eigenvalue weighted by molar-refractivity contribution is 5.69. The second-order valence-corrected chi connectivity index (χ2v) is 8.74. The molecule has 0 fully saturated rings. The number of methoxy groups -OCH3 is 1. The first kappa shape index (κ1) is 24.2. The zero-order valence-corrected chi connectivity index (χ0v) is 20.3. The van der Waals surface area contributed by atoms with Gasteiger partial charge in [0.05, 0.1) is 19.4 Å². The maximum Gasteiger partial charge on any atom is 0.304 e. The molecule has 180 valence electrons. The zero-order valence-electron chi connectivity index (χ0n) is 20.3. The van der Waals surface area contributed by atoms with Gasteiger partial charge >= 0.3 is 5.97 Å². The Kier molecular flexibility index (Phi) is 7.95. The van der Waals surface area contributed by atoms with Gasteiger partial charge in [-0.05, 0) is 60.2 Å². The molecule has 0 spiro atoms. The molecule has 1 aliphatic heterocycles. The van der Waals surface area contributed by atoms with Crippen molar-refractivity contribution in [2.45, 2.75) is 45.3 Å². The van der Waals surface area contributed by atoms with E-state index < -0.39 is 5.97 Å². The van der Waals surface area contributed by atoms with Gasteiger partial charge in [-0.1, -0.05) is 48.4 Å². The Morgan fingerprint density at radius 2 is 1.83 bits per heavy atom. The van der Waals surface area contributed by atoms with E-state index in [0.29, 0.717) is 6.61 Å². The van der Waals surface area contributed by atoms with E-state index in [0.717, 1.165) is 48.6 Å². The minimum atomic E-state index is -0.856. The summed E-state index contributed by atoms with van der Waals surface area (Å²) >= 11 is 0. The lowest BCUT2D eigenvalue weighted by Gasteiger charge is -2.32. The normalized spacial score (nSPS) is 13.3. The van der Waals surface area contributed by atoms with E-state index in [4.69, 9.17) is 14.6 Å². The van der Waals surface area contributed by atoms with Crippen molar-refractivity contribution in [3.05, 3.63) is 89.0 Å². The average Bonchev–Trinajstić information content (AvgIpc) is 2.87. The quantitative estimate of drug-likeness (QED) is 0.401. The molecule has 1 aliphatic rings. The van der Waals surface area contributed by atoms with Gasteiger partial charge < -0.3 is 19.5 Å². The van der Waals surface area contributed by atoms with Crippen molar-refractivity contribution in [2.24, 2.45) is 0 Å². The molecule has 0 amide bonds. The van der Waals surface area contributed by atoms with Gasteiger partial charge in [0, 0.05) is 24.8 Å². The van der Waals surface area contributed by atoms with E-state index in [2.05, 4.69) is 53.1 Å². The van der Waals surface area contributed by atoms with Gasteiger partial charge in [0.15, 0.2) is 0 Å². The van der Waals surface area contributed by atoms with Gasteiger partial charge in [-0.2, -0.15) is 0 Å². The Bertz CT molecular complexity index is 1220. The number of anilines is 1. The predicted octanol–water partition coefficient (Wildman–Crippen LogP) is 5.81. The lowest BCUT2D eigenvalue weighted by atomic mass is 9.96. The second kappa shape index (κ2) is 11.5. The molecule has 1 heterocycles. The number of hydrogen-bond acceptors (Lipinski definition) is 4. The molecule has 0 saturated carbocycles. The van der Waals surface area contributed by atoms with Crippen molar-refractivity contribution in [2.75, 3.05) is 18.6 Å². The molecule has 5 nitrogen and oxygen atoms in total. The molecule has 0 bridgehead atoms. The van der Waals surface area contributed by atoms with E-state index in [1.807, 2.05) is 30.3 Å². The van der Waals surface area contributed by atoms with E-state index in [1.54, 1.807) is 14.0 Å². The smallest absolute Gasteiger partial charge is 0.304 e. The summed E-state index contributed by atoms with van der Waals surface area (Å²) < 4.78 is 11.5. The number of carbonyl (C=O) groups is 1. The van der Waals surface area contributed by atoms with Gasteiger partial charge in [0.25, 0.3) is 0 Å². The fourth-order valence-electron chi connectivity index (χ4n) is 4.52. The number of benzene rings is 3. The van der Waals surface area contributed by atoms with Crippen LogP contribution in [0.4, 0.5) is 5.69 Å². The maximum atomic E-state index is 11.1.